The minimum atomic E-state index is -4.39. The Bertz CT molecular complexity index is 343. The van der Waals surface area contributed by atoms with Crippen LogP contribution in [0.1, 0.15) is 22.6 Å². The van der Waals surface area contributed by atoms with Crippen LogP contribution in [0.3, 0.4) is 0 Å². The van der Waals surface area contributed by atoms with Crippen LogP contribution in [0, 0.1) is 0 Å². The van der Waals surface area contributed by atoms with Crippen LogP contribution in [0.2, 0.25) is 0 Å². The first-order valence-corrected chi connectivity index (χ1v) is 4.53. The minimum Gasteiger partial charge on any atom is -0.481 e. The number of rotatable bonds is 2. The van der Waals surface area contributed by atoms with E-state index in [4.69, 9.17) is 5.11 Å². The maximum atomic E-state index is 12.1. The van der Waals surface area contributed by atoms with Gasteiger partial charge in [0.1, 0.15) is 4.88 Å². The van der Waals surface area contributed by atoms with Crippen LogP contribution >= 0.6 is 11.3 Å². The molecule has 1 unspecified atom stereocenters. The average molecular weight is 224 g/mol. The van der Waals surface area contributed by atoms with E-state index in [1.165, 1.54) is 13.0 Å². The number of hydrogen-bond acceptors (Lipinski definition) is 2. The molecule has 0 aromatic carbocycles. The molecule has 0 spiro atoms. The van der Waals surface area contributed by atoms with E-state index < -0.39 is 22.9 Å². The smallest absolute Gasteiger partial charge is 0.425 e. The van der Waals surface area contributed by atoms with Gasteiger partial charge in [-0.25, -0.2) is 0 Å². The fourth-order valence-electron chi connectivity index (χ4n) is 0.860. The summed E-state index contributed by atoms with van der Waals surface area (Å²) in [5, 5.41) is 8.57. The van der Waals surface area contributed by atoms with Gasteiger partial charge < -0.3 is 5.11 Å². The summed E-state index contributed by atoms with van der Waals surface area (Å²) in [7, 11) is 0. The summed E-state index contributed by atoms with van der Waals surface area (Å²) in [6.45, 7) is 1.36. The molecule has 14 heavy (non-hydrogen) atoms. The fraction of sp³-hybridized carbons (Fsp3) is 0.375. The molecule has 0 amide bonds. The third kappa shape index (κ3) is 2.25. The van der Waals surface area contributed by atoms with Crippen molar-refractivity contribution in [3.63, 3.8) is 0 Å². The second-order valence-corrected chi connectivity index (χ2v) is 3.88. The number of thiophene rings is 1. The van der Waals surface area contributed by atoms with Gasteiger partial charge in [-0.1, -0.05) is 0 Å². The average Bonchev–Trinajstić information content (AvgIpc) is 2.49. The molecular weight excluding hydrogens is 217 g/mol. The maximum absolute atomic E-state index is 12.1. The minimum absolute atomic E-state index is 0.213. The summed E-state index contributed by atoms with van der Waals surface area (Å²) >= 11 is 0.470. The Labute approximate surface area is 82.0 Å². The van der Waals surface area contributed by atoms with E-state index >= 15 is 0 Å². The molecule has 0 bridgehead atoms. The lowest BCUT2D eigenvalue weighted by molar-refractivity contribution is -0.138. The molecule has 0 radical (unpaired) electrons. The van der Waals surface area contributed by atoms with E-state index in [0.717, 1.165) is 6.07 Å². The van der Waals surface area contributed by atoms with Crippen molar-refractivity contribution in [3.8, 4) is 0 Å². The lowest BCUT2D eigenvalue weighted by Crippen LogP contribution is -2.05. The van der Waals surface area contributed by atoms with Crippen molar-refractivity contribution < 1.29 is 23.1 Å². The second kappa shape index (κ2) is 3.61. The van der Waals surface area contributed by atoms with Crippen LogP contribution in [-0.4, -0.2) is 11.1 Å². The molecule has 1 heterocycles. The molecule has 78 valence electrons. The molecule has 0 aliphatic carbocycles. The largest absolute Gasteiger partial charge is 0.481 e. The Kier molecular flexibility index (Phi) is 2.84. The van der Waals surface area contributed by atoms with Gasteiger partial charge in [0.05, 0.1) is 5.92 Å². The summed E-state index contributed by atoms with van der Waals surface area (Å²) in [5.41, 5.74) is 0. The fourth-order valence-corrected chi connectivity index (χ4v) is 1.78. The predicted octanol–water partition coefficient (Wildman–Crippen LogP) is 2.96. The number of carboxylic acid groups (broad SMARTS) is 1. The normalized spacial score (nSPS) is 14.0. The van der Waals surface area contributed by atoms with Crippen molar-refractivity contribution in [1.82, 2.24) is 0 Å². The van der Waals surface area contributed by atoms with Gasteiger partial charge in [-0.15, -0.1) is 11.3 Å². The molecule has 1 atom stereocenters. The quantitative estimate of drug-likeness (QED) is 0.838. The topological polar surface area (TPSA) is 37.3 Å². The van der Waals surface area contributed by atoms with Crippen LogP contribution in [0.5, 0.6) is 0 Å². The molecule has 0 aliphatic heterocycles. The zero-order valence-electron chi connectivity index (χ0n) is 7.13. The van der Waals surface area contributed by atoms with E-state index in [9.17, 15) is 18.0 Å². The van der Waals surface area contributed by atoms with Gasteiger partial charge in [-0.2, -0.15) is 13.2 Å². The Morgan fingerprint density at radius 1 is 1.50 bits per heavy atom. The highest BCUT2D eigenvalue weighted by atomic mass is 32.1. The lowest BCUT2D eigenvalue weighted by atomic mass is 10.1. The van der Waals surface area contributed by atoms with Crippen molar-refractivity contribution in [2.24, 2.45) is 0 Å². The lowest BCUT2D eigenvalue weighted by Gasteiger charge is -2.03. The SMILES string of the molecule is CC(C(=O)O)c1ccc(C(F)(F)F)s1. The molecule has 1 N–H and O–H groups in total. The molecule has 0 aliphatic rings. The van der Waals surface area contributed by atoms with Crippen molar-refractivity contribution in [1.29, 1.82) is 0 Å². The first-order valence-electron chi connectivity index (χ1n) is 3.72. The molecule has 2 nitrogen and oxygen atoms in total. The molecule has 1 rings (SSSR count). The van der Waals surface area contributed by atoms with Gasteiger partial charge in [-0.05, 0) is 19.1 Å². The first kappa shape index (κ1) is 11.0. The highest BCUT2D eigenvalue weighted by Crippen LogP contribution is 2.36. The van der Waals surface area contributed by atoms with Gasteiger partial charge >= 0.3 is 12.1 Å². The van der Waals surface area contributed by atoms with E-state index in [-0.39, 0.29) is 4.88 Å². The van der Waals surface area contributed by atoms with Crippen molar-refractivity contribution in [2.45, 2.75) is 19.0 Å². The summed E-state index contributed by atoms with van der Waals surface area (Å²) in [6, 6.07) is 2.10. The monoisotopic (exact) mass is 224 g/mol. The van der Waals surface area contributed by atoms with Crippen LogP contribution in [0.25, 0.3) is 0 Å². The first-order chi connectivity index (χ1) is 6.32. The molecule has 1 aromatic rings. The standard InChI is InChI=1S/C8H7F3O2S/c1-4(7(12)13)5-2-3-6(14-5)8(9,10)11/h2-4H,1H3,(H,12,13). The Morgan fingerprint density at radius 3 is 2.43 bits per heavy atom. The molecule has 0 saturated carbocycles. The Morgan fingerprint density at radius 2 is 2.07 bits per heavy atom. The highest BCUT2D eigenvalue weighted by Gasteiger charge is 2.33. The van der Waals surface area contributed by atoms with E-state index in [1.54, 1.807) is 0 Å². The van der Waals surface area contributed by atoms with Gasteiger partial charge in [0, 0.05) is 4.88 Å². The number of alkyl halides is 3. The van der Waals surface area contributed by atoms with E-state index in [2.05, 4.69) is 0 Å². The van der Waals surface area contributed by atoms with Crippen LogP contribution in [-0.2, 0) is 11.0 Å². The Hall–Kier alpha value is -1.04. The van der Waals surface area contributed by atoms with Crippen molar-refractivity contribution in [3.05, 3.63) is 21.9 Å². The predicted molar refractivity (Wildman–Crippen MR) is 45.4 cm³/mol. The van der Waals surface area contributed by atoms with Crippen molar-refractivity contribution >= 4 is 17.3 Å². The van der Waals surface area contributed by atoms with E-state index in [1.807, 2.05) is 0 Å². The third-order valence-corrected chi connectivity index (χ3v) is 3.02. The summed E-state index contributed by atoms with van der Waals surface area (Å²) in [6.07, 6.45) is -4.39. The third-order valence-electron chi connectivity index (χ3n) is 1.70. The van der Waals surface area contributed by atoms with Crippen LogP contribution in [0.4, 0.5) is 13.2 Å². The number of halogens is 3. The summed E-state index contributed by atoms with van der Waals surface area (Å²) < 4.78 is 36.4. The van der Waals surface area contributed by atoms with Gasteiger partial charge in [0.2, 0.25) is 0 Å². The van der Waals surface area contributed by atoms with Crippen molar-refractivity contribution in [2.75, 3.05) is 0 Å². The van der Waals surface area contributed by atoms with Crippen LogP contribution in [0.15, 0.2) is 12.1 Å². The van der Waals surface area contributed by atoms with Gasteiger partial charge in [0.15, 0.2) is 0 Å². The number of hydrogen-bond donors (Lipinski definition) is 1. The summed E-state index contributed by atoms with van der Waals surface area (Å²) in [5.74, 6) is -2.02. The molecule has 1 aromatic heterocycles. The van der Waals surface area contributed by atoms with Gasteiger partial charge in [-0.3, -0.25) is 4.79 Å². The molecule has 0 saturated heterocycles. The summed E-state index contributed by atoms with van der Waals surface area (Å²) in [4.78, 5) is 9.93. The highest BCUT2D eigenvalue weighted by molar-refractivity contribution is 7.12. The zero-order valence-corrected chi connectivity index (χ0v) is 7.95. The number of aliphatic carboxylic acids is 1. The van der Waals surface area contributed by atoms with Crippen LogP contribution < -0.4 is 0 Å². The Balaban J connectivity index is 2.94. The second-order valence-electron chi connectivity index (χ2n) is 2.76. The molecular formula is C8H7F3O2S. The number of carbonyl (C=O) groups is 1. The molecule has 0 fully saturated rings. The maximum Gasteiger partial charge on any atom is 0.425 e. The van der Waals surface area contributed by atoms with E-state index in [0.29, 0.717) is 11.3 Å². The molecule has 6 heteroatoms. The zero-order chi connectivity index (χ0) is 10.9. The van der Waals surface area contributed by atoms with Gasteiger partial charge in [0.25, 0.3) is 0 Å². The number of carboxylic acids is 1.